The number of nitrogens with one attached hydrogen (secondary N) is 1. The highest BCUT2D eigenvalue weighted by molar-refractivity contribution is 5.90. The number of rotatable bonds is 3. The van der Waals surface area contributed by atoms with Crippen LogP contribution in [0.2, 0.25) is 0 Å². The van der Waals surface area contributed by atoms with Crippen molar-refractivity contribution in [2.24, 2.45) is 4.99 Å². The van der Waals surface area contributed by atoms with E-state index < -0.39 is 0 Å². The summed E-state index contributed by atoms with van der Waals surface area (Å²) in [5.74, 6) is 1.86. The molecule has 0 aromatic heterocycles. The van der Waals surface area contributed by atoms with Crippen molar-refractivity contribution in [3.63, 3.8) is 0 Å². The molecule has 18 heavy (non-hydrogen) atoms. The summed E-state index contributed by atoms with van der Waals surface area (Å²) >= 11 is 0. The minimum atomic E-state index is -0.0293. The average molecular weight is 240 g/mol. The summed E-state index contributed by atoms with van der Waals surface area (Å²) in [6.45, 7) is 3.79. The molecule has 3 rings (SSSR count). The van der Waals surface area contributed by atoms with E-state index in [-0.39, 0.29) is 6.10 Å². The molecular formula is C15H16N2O. The number of amidine groups is 1. The molecule has 1 aliphatic heterocycles. The van der Waals surface area contributed by atoms with Gasteiger partial charge in [-0.1, -0.05) is 36.4 Å². The van der Waals surface area contributed by atoms with Crippen LogP contribution in [0, 0.1) is 0 Å². The van der Waals surface area contributed by atoms with Crippen molar-refractivity contribution in [1.82, 2.24) is 5.32 Å². The molecule has 0 radical (unpaired) electrons. The Morgan fingerprint density at radius 1 is 1.17 bits per heavy atom. The highest BCUT2D eigenvalue weighted by Crippen LogP contribution is 2.26. The van der Waals surface area contributed by atoms with Gasteiger partial charge >= 0.3 is 0 Å². The molecule has 3 nitrogen and oxygen atoms in total. The van der Waals surface area contributed by atoms with Crippen molar-refractivity contribution in [2.45, 2.75) is 13.0 Å². The molecule has 1 N–H and O–H groups in total. The van der Waals surface area contributed by atoms with Gasteiger partial charge in [0, 0.05) is 11.9 Å². The van der Waals surface area contributed by atoms with E-state index in [1.54, 1.807) is 0 Å². The Labute approximate surface area is 106 Å². The van der Waals surface area contributed by atoms with Crippen molar-refractivity contribution in [2.75, 3.05) is 13.1 Å². The molecule has 0 saturated heterocycles. The van der Waals surface area contributed by atoms with Crippen LogP contribution in [0.5, 0.6) is 5.75 Å². The zero-order chi connectivity index (χ0) is 12.4. The average Bonchev–Trinajstić information content (AvgIpc) is 2.93. The van der Waals surface area contributed by atoms with Crippen LogP contribution in [0.1, 0.15) is 6.92 Å². The minimum Gasteiger partial charge on any atom is -0.482 e. The molecule has 1 unspecified atom stereocenters. The summed E-state index contributed by atoms with van der Waals surface area (Å²) in [6.07, 6.45) is -0.0293. The highest BCUT2D eigenvalue weighted by Gasteiger charge is 2.16. The Morgan fingerprint density at radius 3 is 2.83 bits per heavy atom. The first-order valence-electron chi connectivity index (χ1n) is 6.27. The van der Waals surface area contributed by atoms with Gasteiger partial charge in [-0.25, -0.2) is 0 Å². The van der Waals surface area contributed by atoms with Gasteiger partial charge in [0.05, 0.1) is 6.54 Å². The second kappa shape index (κ2) is 4.69. The molecule has 1 atom stereocenters. The molecule has 2 aromatic rings. The van der Waals surface area contributed by atoms with Crippen LogP contribution in [-0.2, 0) is 0 Å². The third kappa shape index (κ3) is 2.04. The molecular weight excluding hydrogens is 224 g/mol. The third-order valence-electron chi connectivity index (χ3n) is 3.14. The number of nitrogens with zero attached hydrogens (tertiary/aromatic N) is 1. The van der Waals surface area contributed by atoms with Crippen LogP contribution in [0.15, 0.2) is 47.5 Å². The molecule has 2 aromatic carbocycles. The molecule has 0 bridgehead atoms. The molecule has 92 valence electrons. The maximum atomic E-state index is 6.02. The second-order valence-electron chi connectivity index (χ2n) is 4.43. The molecule has 0 saturated carbocycles. The first kappa shape index (κ1) is 11.1. The van der Waals surface area contributed by atoms with Gasteiger partial charge in [0.1, 0.15) is 11.6 Å². The molecule has 0 fully saturated rings. The molecule has 1 heterocycles. The summed E-state index contributed by atoms with van der Waals surface area (Å²) in [4.78, 5) is 4.39. The summed E-state index contributed by atoms with van der Waals surface area (Å²) in [7, 11) is 0. The van der Waals surface area contributed by atoms with E-state index in [1.807, 2.05) is 31.2 Å². The van der Waals surface area contributed by atoms with Crippen molar-refractivity contribution in [1.29, 1.82) is 0 Å². The number of aliphatic imine (C=N–C) groups is 1. The first-order chi connectivity index (χ1) is 8.84. The van der Waals surface area contributed by atoms with Crippen LogP contribution in [0.3, 0.4) is 0 Å². The lowest BCUT2D eigenvalue weighted by molar-refractivity contribution is 0.287. The first-order valence-corrected chi connectivity index (χ1v) is 6.27. The van der Waals surface area contributed by atoms with E-state index in [4.69, 9.17) is 4.74 Å². The Hall–Kier alpha value is -2.03. The van der Waals surface area contributed by atoms with Crippen molar-refractivity contribution >= 4 is 16.6 Å². The Bertz CT molecular complexity index is 587. The molecule has 0 aliphatic carbocycles. The van der Waals surface area contributed by atoms with E-state index in [0.717, 1.165) is 30.1 Å². The lowest BCUT2D eigenvalue weighted by atomic mass is 10.1. The number of ether oxygens (including phenoxy) is 1. The largest absolute Gasteiger partial charge is 0.482 e. The van der Waals surface area contributed by atoms with Gasteiger partial charge in [-0.15, -0.1) is 0 Å². The SMILES string of the molecule is CC(Oc1cccc2ccccc12)C1=NCCN1. The number of benzene rings is 2. The minimum absolute atomic E-state index is 0.0293. The fourth-order valence-electron chi connectivity index (χ4n) is 2.23. The quantitative estimate of drug-likeness (QED) is 0.894. The van der Waals surface area contributed by atoms with E-state index in [0.29, 0.717) is 0 Å². The van der Waals surface area contributed by atoms with Gasteiger partial charge in [0.2, 0.25) is 0 Å². The Kier molecular flexibility index (Phi) is 2.89. The van der Waals surface area contributed by atoms with Gasteiger partial charge in [0.25, 0.3) is 0 Å². The van der Waals surface area contributed by atoms with Crippen molar-refractivity contribution in [3.8, 4) is 5.75 Å². The monoisotopic (exact) mass is 240 g/mol. The normalized spacial score (nSPS) is 16.2. The zero-order valence-corrected chi connectivity index (χ0v) is 10.4. The summed E-state index contributed by atoms with van der Waals surface area (Å²) in [5, 5.41) is 5.59. The van der Waals surface area contributed by atoms with Crippen LogP contribution >= 0.6 is 0 Å². The second-order valence-corrected chi connectivity index (χ2v) is 4.43. The van der Waals surface area contributed by atoms with Gasteiger partial charge in [-0.05, 0) is 18.4 Å². The zero-order valence-electron chi connectivity index (χ0n) is 10.4. The fraction of sp³-hybridized carbons (Fsp3) is 0.267. The summed E-state index contributed by atoms with van der Waals surface area (Å²) in [5.41, 5.74) is 0. The van der Waals surface area contributed by atoms with E-state index in [2.05, 4.69) is 28.5 Å². The molecule has 1 aliphatic rings. The molecule has 3 heteroatoms. The predicted octanol–water partition coefficient (Wildman–Crippen LogP) is 2.61. The maximum Gasteiger partial charge on any atom is 0.152 e. The summed E-state index contributed by atoms with van der Waals surface area (Å²) < 4.78 is 6.02. The third-order valence-corrected chi connectivity index (χ3v) is 3.14. The van der Waals surface area contributed by atoms with Crippen molar-refractivity contribution < 1.29 is 4.74 Å². The van der Waals surface area contributed by atoms with Crippen molar-refractivity contribution in [3.05, 3.63) is 42.5 Å². The lowest BCUT2D eigenvalue weighted by Crippen LogP contribution is -2.33. The van der Waals surface area contributed by atoms with Crippen LogP contribution in [0.4, 0.5) is 0 Å². The smallest absolute Gasteiger partial charge is 0.152 e. The van der Waals surface area contributed by atoms with Gasteiger partial charge in [-0.3, -0.25) is 4.99 Å². The van der Waals surface area contributed by atoms with Gasteiger partial charge in [-0.2, -0.15) is 0 Å². The Morgan fingerprint density at radius 2 is 2.00 bits per heavy atom. The summed E-state index contributed by atoms with van der Waals surface area (Å²) in [6, 6.07) is 14.4. The Balaban J connectivity index is 1.90. The van der Waals surface area contributed by atoms with E-state index in [1.165, 1.54) is 5.39 Å². The molecule has 0 spiro atoms. The highest BCUT2D eigenvalue weighted by atomic mass is 16.5. The van der Waals surface area contributed by atoms with Crippen LogP contribution in [-0.4, -0.2) is 25.0 Å². The van der Waals surface area contributed by atoms with Crippen LogP contribution in [0.25, 0.3) is 10.8 Å². The van der Waals surface area contributed by atoms with Gasteiger partial charge in [0.15, 0.2) is 6.10 Å². The lowest BCUT2D eigenvalue weighted by Gasteiger charge is -2.16. The fourth-order valence-corrected chi connectivity index (χ4v) is 2.23. The van der Waals surface area contributed by atoms with Crippen LogP contribution < -0.4 is 10.1 Å². The van der Waals surface area contributed by atoms with Gasteiger partial charge < -0.3 is 10.1 Å². The number of hydrogen-bond acceptors (Lipinski definition) is 3. The standard InChI is InChI=1S/C15H16N2O/c1-11(15-16-9-10-17-15)18-14-8-4-6-12-5-2-3-7-13(12)14/h2-8,11H,9-10H2,1H3,(H,16,17). The number of hydrogen-bond donors (Lipinski definition) is 1. The topological polar surface area (TPSA) is 33.6 Å². The molecule has 0 amide bonds. The number of fused-ring (bicyclic) bond motifs is 1. The van der Waals surface area contributed by atoms with E-state index >= 15 is 0 Å². The maximum absolute atomic E-state index is 6.02. The predicted molar refractivity (Wildman–Crippen MR) is 74.3 cm³/mol. The van der Waals surface area contributed by atoms with E-state index in [9.17, 15) is 0 Å².